The Morgan fingerprint density at radius 3 is 2.55 bits per heavy atom. The average Bonchev–Trinajstić information content (AvgIpc) is 3.08. The van der Waals surface area contributed by atoms with Crippen LogP contribution in [0.1, 0.15) is 30.0 Å². The molecule has 0 saturated carbocycles. The van der Waals surface area contributed by atoms with Crippen LogP contribution >= 0.6 is 23.1 Å². The number of nitrogens with zero attached hydrogens (tertiary/aromatic N) is 1. The maximum Gasteiger partial charge on any atom is 0.303 e. The molecule has 0 fully saturated rings. The normalized spacial score (nSPS) is 10.9. The maximum absolute atomic E-state index is 14.3. The van der Waals surface area contributed by atoms with Crippen molar-refractivity contribution in [2.24, 2.45) is 0 Å². The Morgan fingerprint density at radius 2 is 1.90 bits per heavy atom. The maximum atomic E-state index is 14.3. The summed E-state index contributed by atoms with van der Waals surface area (Å²) in [5.41, 5.74) is 2.70. The number of aromatic nitrogens is 1. The van der Waals surface area contributed by atoms with Crippen LogP contribution in [0.5, 0.6) is 5.75 Å². The van der Waals surface area contributed by atoms with Crippen molar-refractivity contribution in [2.45, 2.75) is 32.8 Å². The predicted octanol–water partition coefficient (Wildman–Crippen LogP) is 5.90. The zero-order chi connectivity index (χ0) is 21.0. The zero-order valence-corrected chi connectivity index (χ0v) is 17.1. The number of ether oxygens (including phenoxy) is 1. The van der Waals surface area contributed by atoms with Gasteiger partial charge in [-0.3, -0.25) is 4.79 Å². The van der Waals surface area contributed by atoms with Gasteiger partial charge in [0.25, 0.3) is 0 Å². The third-order valence-electron chi connectivity index (χ3n) is 4.47. The Morgan fingerprint density at radius 1 is 1.17 bits per heavy atom. The van der Waals surface area contributed by atoms with Crippen LogP contribution in [0.3, 0.4) is 0 Å². The van der Waals surface area contributed by atoms with Crippen molar-refractivity contribution in [1.82, 2.24) is 4.37 Å². The lowest BCUT2D eigenvalue weighted by molar-refractivity contribution is -0.136. The van der Waals surface area contributed by atoms with Crippen molar-refractivity contribution in [2.75, 3.05) is 0 Å². The number of aliphatic carboxylic acids is 1. The molecule has 29 heavy (non-hydrogen) atoms. The minimum atomic E-state index is -1.15. The Balaban J connectivity index is 1.79. The van der Waals surface area contributed by atoms with Crippen molar-refractivity contribution in [3.05, 3.63) is 69.9 Å². The number of hydrogen-bond acceptors (Lipinski definition) is 4. The highest BCUT2D eigenvalue weighted by Crippen LogP contribution is 2.34. The number of halogens is 3. The molecule has 1 heterocycles. The Kier molecular flexibility index (Phi) is 6.82. The topological polar surface area (TPSA) is 59.4 Å². The van der Waals surface area contributed by atoms with Gasteiger partial charge in [-0.2, -0.15) is 8.76 Å². The molecule has 152 valence electrons. The second-order valence-corrected chi connectivity index (χ2v) is 7.50. The number of carboxylic acids is 1. The van der Waals surface area contributed by atoms with Crippen molar-refractivity contribution < 1.29 is 23.4 Å². The summed E-state index contributed by atoms with van der Waals surface area (Å²) >= 11 is 7.39. The lowest BCUT2D eigenvalue weighted by Crippen LogP contribution is -2.04. The molecule has 0 bridgehead atoms. The van der Waals surface area contributed by atoms with Gasteiger partial charge in [0.15, 0.2) is 11.6 Å². The van der Waals surface area contributed by atoms with Crippen LogP contribution in [0.2, 0.25) is 5.15 Å². The fraction of sp³-hybridized carbons (Fsp3) is 0.238. The van der Waals surface area contributed by atoms with E-state index >= 15 is 0 Å². The van der Waals surface area contributed by atoms with Crippen LogP contribution < -0.4 is 4.74 Å². The summed E-state index contributed by atoms with van der Waals surface area (Å²) in [4.78, 5) is 11.4. The lowest BCUT2D eigenvalue weighted by atomic mass is 10.1. The van der Waals surface area contributed by atoms with Gasteiger partial charge in [0, 0.05) is 12.0 Å². The first-order valence-electron chi connectivity index (χ1n) is 8.95. The first kappa shape index (κ1) is 21.2. The van der Waals surface area contributed by atoms with Gasteiger partial charge < -0.3 is 9.84 Å². The van der Waals surface area contributed by atoms with E-state index in [0.29, 0.717) is 5.56 Å². The van der Waals surface area contributed by atoms with Gasteiger partial charge in [0.2, 0.25) is 5.82 Å². The minimum Gasteiger partial charge on any atom is -0.486 e. The van der Waals surface area contributed by atoms with Crippen LogP contribution in [-0.2, 0) is 24.2 Å². The van der Waals surface area contributed by atoms with Gasteiger partial charge in [0.05, 0.1) is 4.88 Å². The van der Waals surface area contributed by atoms with Crippen LogP contribution in [0.4, 0.5) is 8.78 Å². The molecule has 0 aliphatic carbocycles. The molecule has 1 aromatic heterocycles. The summed E-state index contributed by atoms with van der Waals surface area (Å²) in [7, 11) is 0. The third-order valence-corrected chi connectivity index (χ3v) is 5.82. The highest BCUT2D eigenvalue weighted by molar-refractivity contribution is 7.10. The Bertz CT molecular complexity index is 1020. The predicted molar refractivity (Wildman–Crippen MR) is 109 cm³/mol. The Labute approximate surface area is 175 Å². The van der Waals surface area contributed by atoms with Crippen molar-refractivity contribution in [1.29, 1.82) is 0 Å². The highest BCUT2D eigenvalue weighted by Gasteiger charge is 2.18. The number of rotatable bonds is 8. The molecule has 0 radical (unpaired) electrons. The van der Waals surface area contributed by atoms with E-state index in [0.717, 1.165) is 16.9 Å². The quantitative estimate of drug-likeness (QED) is 0.476. The van der Waals surface area contributed by atoms with Crippen LogP contribution in [0.15, 0.2) is 36.4 Å². The number of aryl methyl sites for hydroxylation is 2. The second kappa shape index (κ2) is 9.33. The summed E-state index contributed by atoms with van der Waals surface area (Å²) in [6.07, 6.45) is 0.538. The van der Waals surface area contributed by atoms with Gasteiger partial charge in [0.1, 0.15) is 11.8 Å². The van der Waals surface area contributed by atoms with E-state index in [1.54, 1.807) is 0 Å². The lowest BCUT2D eigenvalue weighted by Gasteiger charge is -2.11. The molecule has 0 aliphatic rings. The monoisotopic (exact) mass is 437 g/mol. The van der Waals surface area contributed by atoms with E-state index < -0.39 is 17.6 Å². The molecule has 0 aliphatic heterocycles. The molecule has 0 atom stereocenters. The minimum absolute atomic E-state index is 0.0100. The smallest absolute Gasteiger partial charge is 0.303 e. The van der Waals surface area contributed by atoms with Gasteiger partial charge in [-0.15, -0.1) is 0 Å². The molecule has 0 spiro atoms. The second-order valence-electron chi connectivity index (χ2n) is 6.36. The zero-order valence-electron chi connectivity index (χ0n) is 15.5. The summed E-state index contributed by atoms with van der Waals surface area (Å²) in [5, 5.41) is 8.95. The van der Waals surface area contributed by atoms with Crippen LogP contribution in [0.25, 0.3) is 10.4 Å². The molecule has 4 nitrogen and oxygen atoms in total. The molecule has 0 amide bonds. The van der Waals surface area contributed by atoms with Gasteiger partial charge >= 0.3 is 5.97 Å². The largest absolute Gasteiger partial charge is 0.486 e. The number of benzene rings is 2. The molecule has 0 unspecified atom stereocenters. The number of hydrogen-bond donors (Lipinski definition) is 1. The number of carboxylic acid groups (broad SMARTS) is 1. The van der Waals surface area contributed by atoms with Crippen LogP contribution in [0, 0.1) is 11.6 Å². The third kappa shape index (κ3) is 4.92. The van der Waals surface area contributed by atoms with Gasteiger partial charge in [-0.05, 0) is 47.1 Å². The van der Waals surface area contributed by atoms with E-state index in [-0.39, 0.29) is 35.9 Å². The van der Waals surface area contributed by atoms with Crippen molar-refractivity contribution in [3.63, 3.8) is 0 Å². The first-order chi connectivity index (χ1) is 13.9. The fourth-order valence-electron chi connectivity index (χ4n) is 2.80. The molecule has 2 aromatic carbocycles. The van der Waals surface area contributed by atoms with Gasteiger partial charge in [-0.25, -0.2) is 4.39 Å². The molecule has 3 rings (SSSR count). The van der Waals surface area contributed by atoms with Crippen molar-refractivity contribution >= 4 is 29.1 Å². The van der Waals surface area contributed by atoms with E-state index in [1.807, 2.05) is 24.3 Å². The summed E-state index contributed by atoms with van der Waals surface area (Å²) in [6.45, 7) is 1.99. The van der Waals surface area contributed by atoms with Crippen molar-refractivity contribution in [3.8, 4) is 16.2 Å². The average molecular weight is 438 g/mol. The highest BCUT2D eigenvalue weighted by atomic mass is 35.5. The first-order valence-corrected chi connectivity index (χ1v) is 10.1. The number of carbonyl (C=O) groups is 1. The standard InChI is InChI=1S/C21H18ClF2NO3S/c1-2-12-3-5-14(6-4-12)20-15(21(22)25-29-20)11-28-16-9-7-13(8-10-17(26)27)18(23)19(16)24/h3-7,9H,2,8,10-11H2,1H3,(H,26,27). The SMILES string of the molecule is CCc1ccc(-c2snc(Cl)c2COc2ccc(CCC(=O)O)c(F)c2F)cc1. The molecule has 1 N–H and O–H groups in total. The van der Waals surface area contributed by atoms with Gasteiger partial charge in [-0.1, -0.05) is 48.9 Å². The molecular weight excluding hydrogens is 420 g/mol. The van der Waals surface area contributed by atoms with Crippen LogP contribution in [-0.4, -0.2) is 15.4 Å². The summed E-state index contributed by atoms with van der Waals surface area (Å²) in [5.74, 6) is -3.60. The summed E-state index contributed by atoms with van der Waals surface area (Å²) in [6, 6.07) is 10.6. The van der Waals surface area contributed by atoms with E-state index in [1.165, 1.54) is 29.2 Å². The molecule has 8 heteroatoms. The Hall–Kier alpha value is -2.51. The van der Waals surface area contributed by atoms with E-state index in [2.05, 4.69) is 11.3 Å². The van der Waals surface area contributed by atoms with E-state index in [9.17, 15) is 13.6 Å². The fourth-order valence-corrected chi connectivity index (χ4v) is 3.90. The summed E-state index contributed by atoms with van der Waals surface area (Å²) < 4.78 is 38.1. The molecule has 0 saturated heterocycles. The molecular formula is C21H18ClF2NO3S. The van der Waals surface area contributed by atoms with E-state index in [4.69, 9.17) is 21.4 Å². The molecule has 3 aromatic rings.